The standard InChI is InChI=1S/C12H27N3O/c1-10(2)13-11(9-16)7-15-6-5-12(8-15)14(3)4/h10-13,16H,5-9H2,1-4H3. The van der Waals surface area contributed by atoms with Crippen LogP contribution in [0.3, 0.4) is 0 Å². The average molecular weight is 229 g/mol. The molecule has 0 aliphatic carbocycles. The summed E-state index contributed by atoms with van der Waals surface area (Å²) >= 11 is 0. The van der Waals surface area contributed by atoms with E-state index in [2.05, 4.69) is 43.1 Å². The molecule has 0 amide bonds. The summed E-state index contributed by atoms with van der Waals surface area (Å²) in [4.78, 5) is 4.74. The molecule has 2 N–H and O–H groups in total. The molecule has 1 rings (SSSR count). The SMILES string of the molecule is CC(C)NC(CO)CN1CCC(N(C)C)C1. The van der Waals surface area contributed by atoms with Crippen molar-refractivity contribution in [2.45, 2.75) is 38.4 Å². The third-order valence-electron chi connectivity index (χ3n) is 3.25. The van der Waals surface area contributed by atoms with Crippen molar-refractivity contribution >= 4 is 0 Å². The number of hydrogen-bond acceptors (Lipinski definition) is 4. The first kappa shape index (κ1) is 13.9. The number of aliphatic hydroxyl groups excluding tert-OH is 1. The fourth-order valence-electron chi connectivity index (χ4n) is 2.35. The van der Waals surface area contributed by atoms with E-state index in [0.29, 0.717) is 12.1 Å². The maximum absolute atomic E-state index is 9.31. The second-order valence-electron chi connectivity index (χ2n) is 5.37. The first-order valence-corrected chi connectivity index (χ1v) is 6.28. The van der Waals surface area contributed by atoms with Crippen molar-refractivity contribution in [2.75, 3.05) is 40.3 Å². The Kier molecular flexibility index (Phi) is 5.69. The van der Waals surface area contributed by atoms with Crippen LogP contribution in [-0.4, -0.2) is 73.4 Å². The number of likely N-dealkylation sites (N-methyl/N-ethyl adjacent to an activating group) is 1. The van der Waals surface area contributed by atoms with E-state index in [4.69, 9.17) is 0 Å². The molecule has 1 aliphatic rings. The molecule has 0 aromatic carbocycles. The molecule has 0 bridgehead atoms. The van der Waals surface area contributed by atoms with E-state index < -0.39 is 0 Å². The molecule has 1 heterocycles. The van der Waals surface area contributed by atoms with Crippen LogP contribution >= 0.6 is 0 Å². The molecule has 2 unspecified atom stereocenters. The topological polar surface area (TPSA) is 38.7 Å². The van der Waals surface area contributed by atoms with Crippen LogP contribution < -0.4 is 5.32 Å². The van der Waals surface area contributed by atoms with Gasteiger partial charge in [0.1, 0.15) is 0 Å². The maximum atomic E-state index is 9.31. The number of aliphatic hydroxyl groups is 1. The van der Waals surface area contributed by atoms with Crippen molar-refractivity contribution in [3.8, 4) is 0 Å². The Morgan fingerprint density at radius 1 is 1.44 bits per heavy atom. The van der Waals surface area contributed by atoms with Gasteiger partial charge in [-0.05, 0) is 27.1 Å². The minimum Gasteiger partial charge on any atom is -0.395 e. The second kappa shape index (κ2) is 6.55. The Hall–Kier alpha value is -0.160. The molecule has 1 fully saturated rings. The minimum absolute atomic E-state index is 0.209. The van der Waals surface area contributed by atoms with Crippen molar-refractivity contribution in [1.29, 1.82) is 0 Å². The van der Waals surface area contributed by atoms with Crippen molar-refractivity contribution in [3.05, 3.63) is 0 Å². The largest absolute Gasteiger partial charge is 0.395 e. The highest BCUT2D eigenvalue weighted by molar-refractivity contribution is 4.83. The van der Waals surface area contributed by atoms with Crippen LogP contribution in [-0.2, 0) is 0 Å². The zero-order chi connectivity index (χ0) is 12.1. The van der Waals surface area contributed by atoms with Gasteiger partial charge in [-0.15, -0.1) is 0 Å². The van der Waals surface area contributed by atoms with Gasteiger partial charge in [0.15, 0.2) is 0 Å². The lowest BCUT2D eigenvalue weighted by molar-refractivity contribution is 0.185. The van der Waals surface area contributed by atoms with E-state index in [9.17, 15) is 5.11 Å². The Labute approximate surface area is 99.6 Å². The van der Waals surface area contributed by atoms with Crippen LogP contribution in [0.15, 0.2) is 0 Å². The van der Waals surface area contributed by atoms with E-state index in [0.717, 1.165) is 19.6 Å². The van der Waals surface area contributed by atoms with Gasteiger partial charge >= 0.3 is 0 Å². The fourth-order valence-corrected chi connectivity index (χ4v) is 2.35. The zero-order valence-electron chi connectivity index (χ0n) is 11.1. The van der Waals surface area contributed by atoms with Gasteiger partial charge in [0.05, 0.1) is 6.61 Å². The van der Waals surface area contributed by atoms with Gasteiger partial charge in [-0.1, -0.05) is 13.8 Å². The van der Waals surface area contributed by atoms with E-state index in [1.165, 1.54) is 6.42 Å². The number of nitrogens with one attached hydrogen (secondary N) is 1. The Bertz CT molecular complexity index is 197. The second-order valence-corrected chi connectivity index (χ2v) is 5.37. The Balaban J connectivity index is 2.31. The molecular formula is C12H27N3O. The van der Waals surface area contributed by atoms with Gasteiger partial charge in [-0.2, -0.15) is 0 Å². The van der Waals surface area contributed by atoms with E-state index in [-0.39, 0.29) is 12.6 Å². The molecule has 96 valence electrons. The van der Waals surface area contributed by atoms with Crippen molar-refractivity contribution < 1.29 is 5.11 Å². The van der Waals surface area contributed by atoms with Crippen molar-refractivity contribution in [3.63, 3.8) is 0 Å². The zero-order valence-corrected chi connectivity index (χ0v) is 11.1. The van der Waals surface area contributed by atoms with Gasteiger partial charge in [-0.25, -0.2) is 0 Å². The number of nitrogens with zero attached hydrogens (tertiary/aromatic N) is 2. The molecule has 0 aromatic rings. The molecule has 0 radical (unpaired) electrons. The molecule has 2 atom stereocenters. The van der Waals surface area contributed by atoms with Gasteiger partial charge in [0.2, 0.25) is 0 Å². The minimum atomic E-state index is 0.209. The molecule has 16 heavy (non-hydrogen) atoms. The monoisotopic (exact) mass is 229 g/mol. The third kappa shape index (κ3) is 4.37. The van der Waals surface area contributed by atoms with Crippen LogP contribution in [0, 0.1) is 0 Å². The summed E-state index contributed by atoms with van der Waals surface area (Å²) in [5.41, 5.74) is 0. The quantitative estimate of drug-likeness (QED) is 0.671. The first-order valence-electron chi connectivity index (χ1n) is 6.28. The highest BCUT2D eigenvalue weighted by atomic mass is 16.3. The lowest BCUT2D eigenvalue weighted by Gasteiger charge is -2.26. The van der Waals surface area contributed by atoms with Gasteiger partial charge < -0.3 is 20.2 Å². The molecule has 1 saturated heterocycles. The van der Waals surface area contributed by atoms with Crippen LogP contribution in [0.5, 0.6) is 0 Å². The molecule has 4 heteroatoms. The lowest BCUT2D eigenvalue weighted by atomic mass is 10.2. The van der Waals surface area contributed by atoms with E-state index in [1.54, 1.807) is 0 Å². The van der Waals surface area contributed by atoms with Gasteiger partial charge in [0, 0.05) is 31.2 Å². The molecule has 0 aromatic heterocycles. The normalized spacial score (nSPS) is 24.6. The Morgan fingerprint density at radius 2 is 2.12 bits per heavy atom. The molecule has 0 spiro atoms. The van der Waals surface area contributed by atoms with E-state index >= 15 is 0 Å². The van der Waals surface area contributed by atoms with Crippen molar-refractivity contribution in [2.24, 2.45) is 0 Å². The summed E-state index contributed by atoms with van der Waals surface area (Å²) in [6.07, 6.45) is 1.24. The number of likely N-dealkylation sites (tertiary alicyclic amines) is 1. The molecule has 1 aliphatic heterocycles. The summed E-state index contributed by atoms with van der Waals surface area (Å²) in [5, 5.41) is 12.7. The highest BCUT2D eigenvalue weighted by Crippen LogP contribution is 2.13. The van der Waals surface area contributed by atoms with Crippen LogP contribution in [0.25, 0.3) is 0 Å². The van der Waals surface area contributed by atoms with Gasteiger partial charge in [0.25, 0.3) is 0 Å². The van der Waals surface area contributed by atoms with Crippen LogP contribution in [0.2, 0.25) is 0 Å². The summed E-state index contributed by atoms with van der Waals surface area (Å²) in [6.45, 7) is 7.70. The summed E-state index contributed by atoms with van der Waals surface area (Å²) < 4.78 is 0. The predicted molar refractivity (Wildman–Crippen MR) is 67.7 cm³/mol. The predicted octanol–water partition coefficient (Wildman–Crippen LogP) is -0.0188. The molecule has 4 nitrogen and oxygen atoms in total. The third-order valence-corrected chi connectivity index (χ3v) is 3.25. The van der Waals surface area contributed by atoms with Crippen LogP contribution in [0.1, 0.15) is 20.3 Å². The molecular weight excluding hydrogens is 202 g/mol. The summed E-state index contributed by atoms with van der Waals surface area (Å²) in [7, 11) is 4.29. The first-order chi connectivity index (χ1) is 7.52. The summed E-state index contributed by atoms with van der Waals surface area (Å²) in [5.74, 6) is 0. The highest BCUT2D eigenvalue weighted by Gasteiger charge is 2.25. The van der Waals surface area contributed by atoms with Gasteiger partial charge in [-0.3, -0.25) is 0 Å². The number of hydrogen-bond donors (Lipinski definition) is 2. The maximum Gasteiger partial charge on any atom is 0.0597 e. The summed E-state index contributed by atoms with van der Waals surface area (Å²) in [6, 6.07) is 1.32. The smallest absolute Gasteiger partial charge is 0.0597 e. The fraction of sp³-hybridized carbons (Fsp3) is 1.00. The Morgan fingerprint density at radius 3 is 2.56 bits per heavy atom. The molecule has 0 saturated carbocycles. The van der Waals surface area contributed by atoms with Crippen LogP contribution in [0.4, 0.5) is 0 Å². The van der Waals surface area contributed by atoms with Crippen molar-refractivity contribution in [1.82, 2.24) is 15.1 Å². The lowest BCUT2D eigenvalue weighted by Crippen LogP contribution is -2.46. The average Bonchev–Trinajstić information content (AvgIpc) is 2.64. The van der Waals surface area contributed by atoms with E-state index in [1.807, 2.05) is 0 Å². The number of rotatable bonds is 6.